The molecule has 0 unspecified atom stereocenters. The van der Waals surface area contributed by atoms with Crippen LogP contribution in [0.4, 0.5) is 8.78 Å². The molecule has 1 aromatic carbocycles. The van der Waals surface area contributed by atoms with Crippen LogP contribution < -0.4 is 5.32 Å². The number of nitrogens with zero attached hydrogens (tertiary/aromatic N) is 2. The highest BCUT2D eigenvalue weighted by Gasteiger charge is 2.01. The standard InChI is InChI=1S/C12H13F2N3.ClH/c1-17-12(2-3-16-17)8-15-7-9-4-10(13)6-11(14)5-9;/h2-6,15H,7-8H2,1H3;1H. The second-order valence-corrected chi connectivity index (χ2v) is 3.83. The summed E-state index contributed by atoms with van der Waals surface area (Å²) < 4.78 is 27.6. The van der Waals surface area contributed by atoms with Crippen LogP contribution in [0.1, 0.15) is 11.3 Å². The van der Waals surface area contributed by atoms with E-state index in [1.807, 2.05) is 13.1 Å². The van der Waals surface area contributed by atoms with E-state index in [-0.39, 0.29) is 12.4 Å². The molecular formula is C12H14ClF2N3. The van der Waals surface area contributed by atoms with Crippen LogP contribution in [0.15, 0.2) is 30.5 Å². The molecule has 0 spiro atoms. The van der Waals surface area contributed by atoms with Crippen LogP contribution in [-0.4, -0.2) is 9.78 Å². The molecule has 0 saturated carbocycles. The molecule has 1 heterocycles. The van der Waals surface area contributed by atoms with E-state index in [4.69, 9.17) is 0 Å². The van der Waals surface area contributed by atoms with E-state index in [1.165, 1.54) is 12.1 Å². The predicted molar refractivity (Wildman–Crippen MR) is 67.4 cm³/mol. The smallest absolute Gasteiger partial charge is 0.126 e. The second kappa shape index (κ2) is 6.47. The van der Waals surface area contributed by atoms with Gasteiger partial charge in [0.2, 0.25) is 0 Å². The van der Waals surface area contributed by atoms with E-state index in [1.54, 1.807) is 10.9 Å². The Balaban J connectivity index is 0.00000162. The van der Waals surface area contributed by atoms with Crippen molar-refractivity contribution in [2.24, 2.45) is 7.05 Å². The lowest BCUT2D eigenvalue weighted by Gasteiger charge is -2.05. The van der Waals surface area contributed by atoms with Crippen LogP contribution in [0.2, 0.25) is 0 Å². The third kappa shape index (κ3) is 3.78. The lowest BCUT2D eigenvalue weighted by molar-refractivity contribution is 0.572. The number of aryl methyl sites for hydroxylation is 1. The zero-order chi connectivity index (χ0) is 12.3. The van der Waals surface area contributed by atoms with Gasteiger partial charge < -0.3 is 5.32 Å². The Kier molecular flexibility index (Phi) is 5.25. The SMILES string of the molecule is Cl.Cn1nccc1CNCc1cc(F)cc(F)c1. The first kappa shape index (κ1) is 14.6. The van der Waals surface area contributed by atoms with Crippen molar-refractivity contribution < 1.29 is 8.78 Å². The second-order valence-electron chi connectivity index (χ2n) is 3.83. The third-order valence-corrected chi connectivity index (χ3v) is 2.48. The van der Waals surface area contributed by atoms with Crippen LogP contribution in [-0.2, 0) is 20.1 Å². The minimum absolute atomic E-state index is 0. The van der Waals surface area contributed by atoms with Gasteiger partial charge >= 0.3 is 0 Å². The van der Waals surface area contributed by atoms with Crippen molar-refractivity contribution in [1.82, 2.24) is 15.1 Å². The molecule has 1 aromatic heterocycles. The molecule has 0 amide bonds. The van der Waals surface area contributed by atoms with Gasteiger partial charge in [-0.05, 0) is 23.8 Å². The number of hydrogen-bond donors (Lipinski definition) is 1. The molecule has 0 aliphatic carbocycles. The maximum Gasteiger partial charge on any atom is 0.126 e. The van der Waals surface area contributed by atoms with E-state index in [0.29, 0.717) is 18.7 Å². The van der Waals surface area contributed by atoms with Crippen molar-refractivity contribution >= 4 is 12.4 Å². The molecule has 0 radical (unpaired) electrons. The number of benzene rings is 1. The van der Waals surface area contributed by atoms with Crippen molar-refractivity contribution in [1.29, 1.82) is 0 Å². The van der Waals surface area contributed by atoms with Crippen LogP contribution in [0, 0.1) is 11.6 Å². The average Bonchev–Trinajstić information content (AvgIpc) is 2.63. The lowest BCUT2D eigenvalue weighted by Crippen LogP contribution is -2.15. The van der Waals surface area contributed by atoms with E-state index in [2.05, 4.69) is 10.4 Å². The van der Waals surface area contributed by atoms with Gasteiger partial charge in [0.05, 0.1) is 5.69 Å². The Morgan fingerprint density at radius 3 is 2.39 bits per heavy atom. The van der Waals surface area contributed by atoms with Gasteiger partial charge in [-0.25, -0.2) is 8.78 Å². The molecule has 0 atom stereocenters. The Morgan fingerprint density at radius 2 is 1.83 bits per heavy atom. The highest BCUT2D eigenvalue weighted by atomic mass is 35.5. The number of hydrogen-bond acceptors (Lipinski definition) is 2. The third-order valence-electron chi connectivity index (χ3n) is 2.48. The summed E-state index contributed by atoms with van der Waals surface area (Å²) in [6.07, 6.45) is 1.71. The summed E-state index contributed by atoms with van der Waals surface area (Å²) >= 11 is 0. The van der Waals surface area contributed by atoms with Crippen molar-refractivity contribution in [2.75, 3.05) is 0 Å². The summed E-state index contributed by atoms with van der Waals surface area (Å²) in [5, 5.41) is 7.13. The lowest BCUT2D eigenvalue weighted by atomic mass is 10.2. The Labute approximate surface area is 110 Å². The van der Waals surface area contributed by atoms with E-state index in [0.717, 1.165) is 11.8 Å². The van der Waals surface area contributed by atoms with Crippen LogP contribution in [0.25, 0.3) is 0 Å². The molecule has 1 N–H and O–H groups in total. The molecule has 0 saturated heterocycles. The van der Waals surface area contributed by atoms with E-state index in [9.17, 15) is 8.78 Å². The molecule has 2 aromatic rings. The Hall–Kier alpha value is -1.46. The van der Waals surface area contributed by atoms with Gasteiger partial charge in [0, 0.05) is 32.4 Å². The van der Waals surface area contributed by atoms with Crippen molar-refractivity contribution in [3.8, 4) is 0 Å². The molecule has 98 valence electrons. The minimum Gasteiger partial charge on any atom is -0.307 e. The molecule has 3 nitrogen and oxygen atoms in total. The zero-order valence-electron chi connectivity index (χ0n) is 9.86. The quantitative estimate of drug-likeness (QED) is 0.927. The molecule has 6 heteroatoms. The number of aromatic nitrogens is 2. The number of rotatable bonds is 4. The molecule has 2 rings (SSSR count). The number of halogens is 3. The fourth-order valence-corrected chi connectivity index (χ4v) is 1.62. The van der Waals surface area contributed by atoms with Gasteiger partial charge in [0.15, 0.2) is 0 Å². The largest absolute Gasteiger partial charge is 0.307 e. The van der Waals surface area contributed by atoms with Gasteiger partial charge in [0.25, 0.3) is 0 Å². The van der Waals surface area contributed by atoms with Crippen molar-refractivity contribution in [2.45, 2.75) is 13.1 Å². The summed E-state index contributed by atoms with van der Waals surface area (Å²) in [4.78, 5) is 0. The highest BCUT2D eigenvalue weighted by Crippen LogP contribution is 2.07. The molecule has 0 bridgehead atoms. The maximum absolute atomic E-state index is 12.9. The summed E-state index contributed by atoms with van der Waals surface area (Å²) in [6, 6.07) is 5.39. The summed E-state index contributed by atoms with van der Waals surface area (Å²) in [5.41, 5.74) is 1.60. The minimum atomic E-state index is -0.553. The molecule has 18 heavy (non-hydrogen) atoms. The van der Waals surface area contributed by atoms with E-state index >= 15 is 0 Å². The van der Waals surface area contributed by atoms with Crippen molar-refractivity contribution in [3.05, 3.63) is 53.4 Å². The first-order valence-corrected chi connectivity index (χ1v) is 5.28. The van der Waals surface area contributed by atoms with Gasteiger partial charge in [-0.2, -0.15) is 5.10 Å². The maximum atomic E-state index is 12.9. The molecular weight excluding hydrogens is 260 g/mol. The van der Waals surface area contributed by atoms with Gasteiger partial charge in [0.1, 0.15) is 11.6 Å². The average molecular weight is 274 g/mol. The topological polar surface area (TPSA) is 29.9 Å². The number of nitrogens with one attached hydrogen (secondary N) is 1. The fourth-order valence-electron chi connectivity index (χ4n) is 1.62. The normalized spacial score (nSPS) is 10.2. The Bertz CT molecular complexity index is 494. The van der Waals surface area contributed by atoms with Crippen molar-refractivity contribution in [3.63, 3.8) is 0 Å². The van der Waals surface area contributed by atoms with Crippen LogP contribution in [0.3, 0.4) is 0 Å². The molecule has 0 aliphatic heterocycles. The summed E-state index contributed by atoms with van der Waals surface area (Å²) in [5.74, 6) is -1.11. The zero-order valence-corrected chi connectivity index (χ0v) is 10.7. The first-order chi connectivity index (χ1) is 8.15. The van der Waals surface area contributed by atoms with E-state index < -0.39 is 11.6 Å². The van der Waals surface area contributed by atoms with Gasteiger partial charge in [-0.1, -0.05) is 0 Å². The molecule has 0 aliphatic rings. The predicted octanol–water partition coefficient (Wildman–Crippen LogP) is 2.41. The summed E-state index contributed by atoms with van der Waals surface area (Å²) in [6.45, 7) is 1.02. The highest BCUT2D eigenvalue weighted by molar-refractivity contribution is 5.85. The first-order valence-electron chi connectivity index (χ1n) is 5.28. The Morgan fingerprint density at radius 1 is 1.17 bits per heavy atom. The molecule has 0 fully saturated rings. The van der Waals surface area contributed by atoms with Gasteiger partial charge in [-0.3, -0.25) is 4.68 Å². The monoisotopic (exact) mass is 273 g/mol. The van der Waals surface area contributed by atoms with Crippen LogP contribution in [0.5, 0.6) is 0 Å². The van der Waals surface area contributed by atoms with Crippen LogP contribution >= 0.6 is 12.4 Å². The fraction of sp³-hybridized carbons (Fsp3) is 0.250. The summed E-state index contributed by atoms with van der Waals surface area (Å²) in [7, 11) is 1.85. The van der Waals surface area contributed by atoms with Gasteiger partial charge in [-0.15, -0.1) is 12.4 Å².